The Morgan fingerprint density at radius 1 is 1.06 bits per heavy atom. The number of nitrogens with one attached hydrogen (secondary N) is 1. The van der Waals surface area contributed by atoms with Crippen LogP contribution in [-0.4, -0.2) is 30.5 Å². The van der Waals surface area contributed by atoms with E-state index in [-0.39, 0.29) is 17.6 Å². The number of amides is 1. The summed E-state index contributed by atoms with van der Waals surface area (Å²) in [7, 11) is 0. The Hall–Kier alpha value is -3.95. The minimum atomic E-state index is -4.47. The Labute approximate surface area is 194 Å². The highest BCUT2D eigenvalue weighted by Gasteiger charge is 2.31. The molecule has 0 atom stereocenters. The Morgan fingerprint density at radius 2 is 1.85 bits per heavy atom. The van der Waals surface area contributed by atoms with E-state index in [4.69, 9.17) is 0 Å². The van der Waals surface area contributed by atoms with Crippen LogP contribution in [0.15, 0.2) is 67.3 Å². The third-order valence-electron chi connectivity index (χ3n) is 5.24. The summed E-state index contributed by atoms with van der Waals surface area (Å²) in [6.45, 7) is 4.70. The van der Waals surface area contributed by atoms with E-state index in [1.807, 2.05) is 55.1 Å². The number of benzene rings is 1. The molecule has 0 saturated heterocycles. The van der Waals surface area contributed by atoms with Gasteiger partial charge in [-0.3, -0.25) is 9.48 Å². The fraction of sp³-hybridized carbons (Fsp3) is 0.250. The molecule has 3 aromatic heterocycles. The van der Waals surface area contributed by atoms with E-state index in [2.05, 4.69) is 20.5 Å². The first kappa shape index (κ1) is 23.2. The summed E-state index contributed by atoms with van der Waals surface area (Å²) in [6.07, 6.45) is 1.30. The van der Waals surface area contributed by atoms with Crippen LogP contribution >= 0.6 is 0 Å². The number of hydrogen-bond donors (Lipinski definition) is 1. The van der Waals surface area contributed by atoms with Crippen LogP contribution in [0.1, 0.15) is 52.5 Å². The van der Waals surface area contributed by atoms with Crippen molar-refractivity contribution in [1.82, 2.24) is 29.9 Å². The molecule has 0 unspecified atom stereocenters. The normalized spacial score (nSPS) is 11.7. The van der Waals surface area contributed by atoms with E-state index in [1.54, 1.807) is 6.20 Å². The molecule has 1 amide bonds. The smallest absolute Gasteiger partial charge is 0.348 e. The van der Waals surface area contributed by atoms with Crippen LogP contribution in [0, 0.1) is 0 Å². The lowest BCUT2D eigenvalue weighted by molar-refractivity contribution is -0.137. The van der Waals surface area contributed by atoms with Crippen LogP contribution in [-0.2, 0) is 19.3 Å². The lowest BCUT2D eigenvalue weighted by atomic mass is 10.0. The second kappa shape index (κ2) is 9.50. The van der Waals surface area contributed by atoms with Crippen molar-refractivity contribution in [2.24, 2.45) is 0 Å². The maximum Gasteiger partial charge on any atom is 0.417 e. The Bertz CT molecular complexity index is 1260. The first-order valence-corrected chi connectivity index (χ1v) is 10.7. The largest absolute Gasteiger partial charge is 0.417 e. The summed E-state index contributed by atoms with van der Waals surface area (Å²) in [4.78, 5) is 16.9. The molecule has 0 saturated carbocycles. The quantitative estimate of drug-likeness (QED) is 0.431. The summed E-state index contributed by atoms with van der Waals surface area (Å²) >= 11 is 0. The van der Waals surface area contributed by atoms with Crippen molar-refractivity contribution in [2.75, 3.05) is 0 Å². The standard InChI is InChI=1S/C24H23F3N6O/c1-16(2)22-20(14-31-33(22)21-8-7-19(13-28-21)24(25,26)27)23(34)29-12-17-5-3-6-18(11-17)15-32-10-4-9-30-32/h3-11,13-14,16H,12,15H2,1-2H3,(H,29,34). The third-order valence-corrected chi connectivity index (χ3v) is 5.24. The number of aromatic nitrogens is 5. The van der Waals surface area contributed by atoms with Gasteiger partial charge in [-0.1, -0.05) is 38.1 Å². The molecule has 4 aromatic rings. The van der Waals surface area contributed by atoms with E-state index < -0.39 is 11.7 Å². The molecule has 0 spiro atoms. The summed E-state index contributed by atoms with van der Waals surface area (Å²) < 4.78 is 41.8. The molecular formula is C24H23F3N6O. The van der Waals surface area contributed by atoms with Gasteiger partial charge in [0.25, 0.3) is 5.91 Å². The van der Waals surface area contributed by atoms with Gasteiger partial charge in [0, 0.05) is 25.1 Å². The molecule has 0 fully saturated rings. The number of nitrogens with zero attached hydrogens (tertiary/aromatic N) is 5. The molecule has 0 bridgehead atoms. The van der Waals surface area contributed by atoms with Crippen LogP contribution in [0.5, 0.6) is 0 Å². The summed E-state index contributed by atoms with van der Waals surface area (Å²) in [5.74, 6) is -0.230. The van der Waals surface area contributed by atoms with Gasteiger partial charge in [0.2, 0.25) is 0 Å². The predicted molar refractivity (Wildman–Crippen MR) is 119 cm³/mol. The zero-order valence-electron chi connectivity index (χ0n) is 18.6. The lowest BCUT2D eigenvalue weighted by Crippen LogP contribution is -2.24. The van der Waals surface area contributed by atoms with E-state index >= 15 is 0 Å². The number of alkyl halides is 3. The molecule has 0 radical (unpaired) electrons. The fourth-order valence-electron chi connectivity index (χ4n) is 3.65. The molecule has 0 aliphatic heterocycles. The van der Waals surface area contributed by atoms with Gasteiger partial charge in [-0.25, -0.2) is 9.67 Å². The Morgan fingerprint density at radius 3 is 2.50 bits per heavy atom. The average molecular weight is 468 g/mol. The summed E-state index contributed by atoms with van der Waals surface area (Å²) in [6, 6.07) is 11.9. The molecule has 7 nitrogen and oxygen atoms in total. The Kier molecular flexibility index (Phi) is 6.49. The van der Waals surface area contributed by atoms with Gasteiger partial charge in [-0.05, 0) is 35.2 Å². The van der Waals surface area contributed by atoms with Gasteiger partial charge >= 0.3 is 6.18 Å². The van der Waals surface area contributed by atoms with Crippen molar-refractivity contribution < 1.29 is 18.0 Å². The number of rotatable bonds is 7. The van der Waals surface area contributed by atoms with E-state index in [9.17, 15) is 18.0 Å². The van der Waals surface area contributed by atoms with Crippen LogP contribution in [0.3, 0.4) is 0 Å². The molecular weight excluding hydrogens is 445 g/mol. The van der Waals surface area contributed by atoms with Gasteiger partial charge in [-0.15, -0.1) is 0 Å². The molecule has 0 aliphatic rings. The van der Waals surface area contributed by atoms with Crippen LogP contribution in [0.4, 0.5) is 13.2 Å². The number of carbonyl (C=O) groups is 1. The number of halogens is 3. The molecule has 176 valence electrons. The van der Waals surface area contributed by atoms with Crippen molar-refractivity contribution in [2.45, 2.75) is 39.0 Å². The molecule has 1 aromatic carbocycles. The van der Waals surface area contributed by atoms with Crippen molar-refractivity contribution in [3.63, 3.8) is 0 Å². The second-order valence-electron chi connectivity index (χ2n) is 8.12. The number of hydrogen-bond acceptors (Lipinski definition) is 4. The van der Waals surface area contributed by atoms with Crippen LogP contribution in [0.25, 0.3) is 5.82 Å². The zero-order valence-corrected chi connectivity index (χ0v) is 18.6. The van der Waals surface area contributed by atoms with Crippen LogP contribution < -0.4 is 5.32 Å². The summed E-state index contributed by atoms with van der Waals surface area (Å²) in [5, 5.41) is 11.3. The van der Waals surface area contributed by atoms with Gasteiger partial charge < -0.3 is 5.32 Å². The highest BCUT2D eigenvalue weighted by atomic mass is 19.4. The first-order valence-electron chi connectivity index (χ1n) is 10.7. The van der Waals surface area contributed by atoms with Crippen molar-refractivity contribution in [3.05, 3.63) is 95.2 Å². The molecule has 1 N–H and O–H groups in total. The molecule has 0 aliphatic carbocycles. The Balaban J connectivity index is 1.50. The summed E-state index contributed by atoms with van der Waals surface area (Å²) in [5.41, 5.74) is 2.06. The molecule has 34 heavy (non-hydrogen) atoms. The predicted octanol–water partition coefficient (Wildman–Crippen LogP) is 4.58. The highest BCUT2D eigenvalue weighted by molar-refractivity contribution is 5.95. The fourth-order valence-corrected chi connectivity index (χ4v) is 3.65. The highest BCUT2D eigenvalue weighted by Crippen LogP contribution is 2.29. The third kappa shape index (κ3) is 5.16. The van der Waals surface area contributed by atoms with E-state index in [0.29, 0.717) is 24.3 Å². The van der Waals surface area contributed by atoms with Crippen molar-refractivity contribution in [3.8, 4) is 5.82 Å². The lowest BCUT2D eigenvalue weighted by Gasteiger charge is -2.13. The van der Waals surface area contributed by atoms with Gasteiger partial charge in [0.15, 0.2) is 5.82 Å². The van der Waals surface area contributed by atoms with Gasteiger partial charge in [0.1, 0.15) is 0 Å². The zero-order chi connectivity index (χ0) is 24.3. The maximum absolute atomic E-state index is 13.0. The van der Waals surface area contributed by atoms with Gasteiger partial charge in [0.05, 0.1) is 29.6 Å². The number of carbonyl (C=O) groups excluding carboxylic acids is 1. The number of pyridine rings is 1. The van der Waals surface area contributed by atoms with Crippen molar-refractivity contribution >= 4 is 5.91 Å². The topological polar surface area (TPSA) is 77.6 Å². The molecule has 3 heterocycles. The maximum atomic E-state index is 13.0. The monoisotopic (exact) mass is 468 g/mol. The van der Waals surface area contributed by atoms with Gasteiger partial charge in [-0.2, -0.15) is 23.4 Å². The SMILES string of the molecule is CC(C)c1c(C(=O)NCc2cccc(Cn3cccn3)c2)cnn1-c1ccc(C(F)(F)F)cn1. The van der Waals surface area contributed by atoms with Crippen LogP contribution in [0.2, 0.25) is 0 Å². The minimum Gasteiger partial charge on any atom is -0.348 e. The average Bonchev–Trinajstić information content (AvgIpc) is 3.47. The molecule has 4 rings (SSSR count). The van der Waals surface area contributed by atoms with E-state index in [1.165, 1.54) is 16.9 Å². The minimum absolute atomic E-state index is 0.121. The second-order valence-corrected chi connectivity index (χ2v) is 8.12. The van der Waals surface area contributed by atoms with E-state index in [0.717, 1.165) is 23.4 Å². The van der Waals surface area contributed by atoms with Crippen molar-refractivity contribution in [1.29, 1.82) is 0 Å². The first-order chi connectivity index (χ1) is 16.2. The molecule has 10 heteroatoms.